The molecule has 0 amide bonds. The predicted octanol–water partition coefficient (Wildman–Crippen LogP) is -0.886. The number of nitrogens with one attached hydrogen (secondary N) is 1. The highest BCUT2D eigenvalue weighted by atomic mass is 15.1. The van der Waals surface area contributed by atoms with Crippen LogP contribution in [0.2, 0.25) is 0 Å². The van der Waals surface area contributed by atoms with Crippen LogP contribution in [-0.4, -0.2) is 20.6 Å². The van der Waals surface area contributed by atoms with Gasteiger partial charge in [0.15, 0.2) is 6.04 Å². The van der Waals surface area contributed by atoms with Gasteiger partial charge in [0.25, 0.3) is 0 Å². The fourth-order valence-electron chi connectivity index (χ4n) is 1.47. The SMILES string of the molecule is C[NH+](C)[C@H](C[NH3+])c1ccccc1. The fourth-order valence-corrected chi connectivity index (χ4v) is 1.47. The Bertz CT molecular complexity index is 219. The number of hydrogen-bond acceptors (Lipinski definition) is 0. The minimum absolute atomic E-state index is 0.534. The Morgan fingerprint density at radius 2 is 1.83 bits per heavy atom. The molecule has 12 heavy (non-hydrogen) atoms. The number of rotatable bonds is 3. The Labute approximate surface area is 74.0 Å². The van der Waals surface area contributed by atoms with E-state index < -0.39 is 0 Å². The average molecular weight is 166 g/mol. The average Bonchev–Trinajstić information content (AvgIpc) is 2.07. The number of likely N-dealkylation sites (N-methyl/N-ethyl adjacent to an activating group) is 1. The van der Waals surface area contributed by atoms with Crippen LogP contribution in [0.4, 0.5) is 0 Å². The molecule has 4 N–H and O–H groups in total. The summed E-state index contributed by atoms with van der Waals surface area (Å²) in [6.07, 6.45) is 0. The lowest BCUT2D eigenvalue weighted by Crippen LogP contribution is -3.07. The predicted molar refractivity (Wildman–Crippen MR) is 49.7 cm³/mol. The molecule has 66 valence electrons. The van der Waals surface area contributed by atoms with Crippen molar-refractivity contribution in [1.29, 1.82) is 0 Å². The van der Waals surface area contributed by atoms with E-state index in [2.05, 4.69) is 50.2 Å². The highest BCUT2D eigenvalue weighted by Crippen LogP contribution is 2.05. The van der Waals surface area contributed by atoms with Gasteiger partial charge in [-0.2, -0.15) is 0 Å². The van der Waals surface area contributed by atoms with Gasteiger partial charge in [0.05, 0.1) is 14.1 Å². The molecular formula is C10H18N2+2. The maximum Gasteiger partial charge on any atom is 0.162 e. The van der Waals surface area contributed by atoms with Gasteiger partial charge in [-0.05, 0) is 0 Å². The molecule has 2 heteroatoms. The Kier molecular flexibility index (Phi) is 3.26. The third-order valence-electron chi connectivity index (χ3n) is 2.19. The van der Waals surface area contributed by atoms with Gasteiger partial charge in [-0.3, -0.25) is 0 Å². The van der Waals surface area contributed by atoms with Crippen LogP contribution in [0.3, 0.4) is 0 Å². The zero-order valence-corrected chi connectivity index (χ0v) is 7.88. The second-order valence-corrected chi connectivity index (χ2v) is 3.33. The third kappa shape index (κ3) is 2.06. The summed E-state index contributed by atoms with van der Waals surface area (Å²) < 4.78 is 0. The summed E-state index contributed by atoms with van der Waals surface area (Å²) in [5, 5.41) is 0. The lowest BCUT2D eigenvalue weighted by molar-refractivity contribution is -0.899. The molecule has 0 bridgehead atoms. The molecule has 0 radical (unpaired) electrons. The van der Waals surface area contributed by atoms with Crippen LogP contribution < -0.4 is 10.6 Å². The van der Waals surface area contributed by atoms with Gasteiger partial charge in [0.1, 0.15) is 6.54 Å². The van der Waals surface area contributed by atoms with E-state index in [-0.39, 0.29) is 0 Å². The van der Waals surface area contributed by atoms with Crippen molar-refractivity contribution >= 4 is 0 Å². The molecule has 0 spiro atoms. The van der Waals surface area contributed by atoms with E-state index in [0.717, 1.165) is 6.54 Å². The molecule has 0 saturated heterocycles. The molecule has 0 aliphatic heterocycles. The van der Waals surface area contributed by atoms with Gasteiger partial charge in [0, 0.05) is 5.56 Å². The number of hydrogen-bond donors (Lipinski definition) is 2. The van der Waals surface area contributed by atoms with Crippen molar-refractivity contribution in [3.63, 3.8) is 0 Å². The van der Waals surface area contributed by atoms with Crippen LogP contribution in [0.1, 0.15) is 11.6 Å². The van der Waals surface area contributed by atoms with E-state index >= 15 is 0 Å². The minimum atomic E-state index is 0.534. The summed E-state index contributed by atoms with van der Waals surface area (Å²) in [7, 11) is 4.34. The first-order valence-corrected chi connectivity index (χ1v) is 4.40. The highest BCUT2D eigenvalue weighted by Gasteiger charge is 2.16. The molecule has 0 aliphatic carbocycles. The standard InChI is InChI=1S/C10H16N2/c1-12(2)10(8-11)9-6-4-3-5-7-9/h3-7,10H,8,11H2,1-2H3/p+2/t10-/m1/s1. The van der Waals surface area contributed by atoms with Crippen LogP contribution in [-0.2, 0) is 0 Å². The van der Waals surface area contributed by atoms with E-state index in [4.69, 9.17) is 0 Å². The molecule has 1 atom stereocenters. The molecule has 2 nitrogen and oxygen atoms in total. The van der Waals surface area contributed by atoms with Crippen LogP contribution >= 0.6 is 0 Å². The molecule has 0 aromatic heterocycles. The summed E-state index contributed by atoms with van der Waals surface area (Å²) >= 11 is 0. The Morgan fingerprint density at radius 1 is 1.25 bits per heavy atom. The number of quaternary nitrogens is 2. The molecule has 1 aromatic rings. The lowest BCUT2D eigenvalue weighted by Gasteiger charge is -2.17. The summed E-state index contributed by atoms with van der Waals surface area (Å²) in [5.74, 6) is 0. The fraction of sp³-hybridized carbons (Fsp3) is 0.400. The van der Waals surface area contributed by atoms with Gasteiger partial charge in [0.2, 0.25) is 0 Å². The topological polar surface area (TPSA) is 32.1 Å². The van der Waals surface area contributed by atoms with Crippen molar-refractivity contribution < 1.29 is 10.6 Å². The van der Waals surface area contributed by atoms with Crippen molar-refractivity contribution in [1.82, 2.24) is 0 Å². The Hall–Kier alpha value is -0.860. The Morgan fingerprint density at radius 3 is 2.25 bits per heavy atom. The monoisotopic (exact) mass is 166 g/mol. The molecule has 0 fully saturated rings. The first kappa shape index (κ1) is 9.23. The second kappa shape index (κ2) is 4.24. The summed E-state index contributed by atoms with van der Waals surface area (Å²) in [4.78, 5) is 1.44. The minimum Gasteiger partial charge on any atom is -0.352 e. The lowest BCUT2D eigenvalue weighted by atomic mass is 10.1. The van der Waals surface area contributed by atoms with Crippen LogP contribution in [0.15, 0.2) is 30.3 Å². The zero-order valence-electron chi connectivity index (χ0n) is 7.88. The van der Waals surface area contributed by atoms with Crippen molar-refractivity contribution in [2.75, 3.05) is 20.6 Å². The maximum atomic E-state index is 3.96. The van der Waals surface area contributed by atoms with E-state index in [9.17, 15) is 0 Å². The first-order valence-electron chi connectivity index (χ1n) is 4.40. The smallest absolute Gasteiger partial charge is 0.162 e. The van der Waals surface area contributed by atoms with E-state index in [0.29, 0.717) is 6.04 Å². The van der Waals surface area contributed by atoms with Crippen molar-refractivity contribution in [3.05, 3.63) is 35.9 Å². The molecule has 1 aromatic carbocycles. The van der Waals surface area contributed by atoms with Crippen LogP contribution in [0.5, 0.6) is 0 Å². The quantitative estimate of drug-likeness (QED) is 0.584. The Balaban J connectivity index is 2.80. The van der Waals surface area contributed by atoms with E-state index in [1.165, 1.54) is 10.5 Å². The van der Waals surface area contributed by atoms with E-state index in [1.54, 1.807) is 0 Å². The van der Waals surface area contributed by atoms with Gasteiger partial charge in [-0.15, -0.1) is 0 Å². The van der Waals surface area contributed by atoms with Gasteiger partial charge in [-0.25, -0.2) is 0 Å². The summed E-state index contributed by atoms with van der Waals surface area (Å²) in [5.41, 5.74) is 5.34. The number of benzene rings is 1. The molecule has 0 heterocycles. The summed E-state index contributed by atoms with van der Waals surface area (Å²) in [6.45, 7) is 0.951. The van der Waals surface area contributed by atoms with Crippen molar-refractivity contribution in [2.45, 2.75) is 6.04 Å². The van der Waals surface area contributed by atoms with Gasteiger partial charge in [-0.1, -0.05) is 30.3 Å². The summed E-state index contributed by atoms with van der Waals surface area (Å²) in [6, 6.07) is 11.1. The molecule has 0 unspecified atom stereocenters. The van der Waals surface area contributed by atoms with Crippen LogP contribution in [0, 0.1) is 0 Å². The molecule has 1 rings (SSSR count). The van der Waals surface area contributed by atoms with Gasteiger partial charge >= 0.3 is 0 Å². The normalized spacial score (nSPS) is 13.3. The largest absolute Gasteiger partial charge is 0.352 e. The molecular weight excluding hydrogens is 148 g/mol. The zero-order chi connectivity index (χ0) is 8.97. The van der Waals surface area contributed by atoms with E-state index in [1.807, 2.05) is 0 Å². The molecule has 0 saturated carbocycles. The van der Waals surface area contributed by atoms with Crippen molar-refractivity contribution in [2.24, 2.45) is 0 Å². The van der Waals surface area contributed by atoms with Crippen LogP contribution in [0.25, 0.3) is 0 Å². The first-order chi connectivity index (χ1) is 5.75. The second-order valence-electron chi connectivity index (χ2n) is 3.33. The maximum absolute atomic E-state index is 3.96. The highest BCUT2D eigenvalue weighted by molar-refractivity contribution is 5.16. The molecule has 0 aliphatic rings. The van der Waals surface area contributed by atoms with Crippen molar-refractivity contribution in [3.8, 4) is 0 Å². The third-order valence-corrected chi connectivity index (χ3v) is 2.19. The van der Waals surface area contributed by atoms with Gasteiger partial charge < -0.3 is 10.6 Å².